The molecule has 3 aromatic carbocycles. The zero-order chi connectivity index (χ0) is 24.7. The van der Waals surface area contributed by atoms with Crippen LogP contribution in [-0.2, 0) is 12.8 Å². The molecule has 0 fully saturated rings. The fourth-order valence-corrected chi connectivity index (χ4v) is 5.77. The molecule has 0 aliphatic rings. The van der Waals surface area contributed by atoms with Crippen LogP contribution in [0.15, 0.2) is 57.4 Å². The first kappa shape index (κ1) is 24.9. The van der Waals surface area contributed by atoms with Crippen molar-refractivity contribution in [3.8, 4) is 0 Å². The molecule has 0 aliphatic carbocycles. The van der Waals surface area contributed by atoms with Crippen LogP contribution in [0.25, 0.3) is 43.5 Å². The Bertz CT molecular complexity index is 1420. The predicted molar refractivity (Wildman–Crippen MR) is 155 cm³/mol. The summed E-state index contributed by atoms with van der Waals surface area (Å²) in [4.78, 5) is 0. The van der Waals surface area contributed by atoms with Gasteiger partial charge in [0.25, 0.3) is 0 Å². The lowest BCUT2D eigenvalue weighted by Crippen LogP contribution is -1.84. The Labute approximate surface area is 216 Å². The van der Waals surface area contributed by atoms with Crippen LogP contribution in [0.3, 0.4) is 0 Å². The fourth-order valence-electron chi connectivity index (χ4n) is 5.77. The van der Waals surface area contributed by atoms with E-state index in [0.717, 1.165) is 35.5 Å². The van der Waals surface area contributed by atoms with Gasteiger partial charge in [-0.05, 0) is 58.7 Å². The summed E-state index contributed by atoms with van der Waals surface area (Å²) in [7, 11) is 0. The van der Waals surface area contributed by atoms with Crippen LogP contribution in [0.2, 0.25) is 0 Å². The summed E-state index contributed by atoms with van der Waals surface area (Å²) in [5.74, 6) is 2.24. The van der Waals surface area contributed by atoms with Crippen molar-refractivity contribution in [1.82, 2.24) is 0 Å². The summed E-state index contributed by atoms with van der Waals surface area (Å²) in [5, 5.41) is 7.64. The van der Waals surface area contributed by atoms with Gasteiger partial charge in [0.05, 0.1) is 0 Å². The van der Waals surface area contributed by atoms with E-state index in [4.69, 9.17) is 8.83 Å². The van der Waals surface area contributed by atoms with Crippen LogP contribution < -0.4 is 0 Å². The van der Waals surface area contributed by atoms with Crippen molar-refractivity contribution < 1.29 is 8.83 Å². The topological polar surface area (TPSA) is 26.3 Å². The van der Waals surface area contributed by atoms with E-state index in [-0.39, 0.29) is 0 Å². The number of unbranched alkanes of at least 4 members (excludes halogenated alkanes) is 10. The number of furan rings is 2. The lowest BCUT2D eigenvalue weighted by Gasteiger charge is -2.05. The first-order valence-electron chi connectivity index (χ1n) is 14.6. The van der Waals surface area contributed by atoms with Gasteiger partial charge in [-0.3, -0.25) is 0 Å². The highest BCUT2D eigenvalue weighted by Crippen LogP contribution is 2.37. The molecule has 0 saturated heterocycles. The molecule has 190 valence electrons. The lowest BCUT2D eigenvalue weighted by atomic mass is 9.97. The standard InChI is InChI=1S/C34H42O2/c1-3-5-7-8-9-10-11-12-14-16-26-24-32-30-18-17-29-27(28(30)20-22-34(32)36-26)19-21-33-31(29)23-25(35-33)15-13-6-4-2/h17-24H,3-16H2,1-2H3. The monoisotopic (exact) mass is 482 g/mol. The van der Waals surface area contributed by atoms with Gasteiger partial charge in [-0.25, -0.2) is 0 Å². The van der Waals surface area contributed by atoms with E-state index >= 15 is 0 Å². The second-order valence-electron chi connectivity index (χ2n) is 10.7. The Hall–Kier alpha value is -2.74. The van der Waals surface area contributed by atoms with E-state index in [1.54, 1.807) is 0 Å². The third-order valence-electron chi connectivity index (χ3n) is 7.85. The number of fused-ring (bicyclic) bond motifs is 7. The average Bonchev–Trinajstić information content (AvgIpc) is 3.51. The molecule has 0 saturated carbocycles. The predicted octanol–water partition coefficient (Wildman–Crippen LogP) is 11.3. The minimum atomic E-state index is 1.00. The molecule has 2 nitrogen and oxygen atoms in total. The highest BCUT2D eigenvalue weighted by molar-refractivity contribution is 6.21. The first-order chi connectivity index (χ1) is 17.8. The van der Waals surface area contributed by atoms with Crippen LogP contribution in [-0.4, -0.2) is 0 Å². The molecule has 0 atom stereocenters. The first-order valence-corrected chi connectivity index (χ1v) is 14.6. The SMILES string of the molecule is CCCCCCCCCCCc1cc2c(ccc3c2ccc2c4cc(CCCCC)oc4ccc23)o1. The Kier molecular flexibility index (Phi) is 8.31. The lowest BCUT2D eigenvalue weighted by molar-refractivity contribution is 0.517. The minimum absolute atomic E-state index is 1.00. The summed E-state index contributed by atoms with van der Waals surface area (Å²) >= 11 is 0. The zero-order valence-electron chi connectivity index (χ0n) is 22.3. The third kappa shape index (κ3) is 5.48. The molecule has 36 heavy (non-hydrogen) atoms. The molecule has 0 bridgehead atoms. The van der Waals surface area contributed by atoms with E-state index in [2.05, 4.69) is 62.4 Å². The van der Waals surface area contributed by atoms with Crippen LogP contribution in [0.4, 0.5) is 0 Å². The molecule has 5 rings (SSSR count). The summed E-state index contributed by atoms with van der Waals surface area (Å²) in [6.45, 7) is 4.53. The van der Waals surface area contributed by atoms with Gasteiger partial charge in [0.2, 0.25) is 0 Å². The number of aryl methyl sites for hydroxylation is 2. The molecule has 0 N–H and O–H groups in total. The number of hydrogen-bond donors (Lipinski definition) is 0. The largest absolute Gasteiger partial charge is 0.461 e. The van der Waals surface area contributed by atoms with Crippen LogP contribution in [0.1, 0.15) is 102 Å². The summed E-state index contributed by atoms with van der Waals surface area (Å²) in [5.41, 5.74) is 2.01. The number of hydrogen-bond acceptors (Lipinski definition) is 2. The third-order valence-corrected chi connectivity index (χ3v) is 7.85. The smallest absolute Gasteiger partial charge is 0.134 e. The van der Waals surface area contributed by atoms with E-state index in [1.165, 1.54) is 109 Å². The van der Waals surface area contributed by atoms with Gasteiger partial charge in [-0.15, -0.1) is 0 Å². The second kappa shape index (κ2) is 12.0. The van der Waals surface area contributed by atoms with Gasteiger partial charge < -0.3 is 8.83 Å². The number of rotatable bonds is 14. The Balaban J connectivity index is 1.30. The highest BCUT2D eigenvalue weighted by Gasteiger charge is 2.13. The molecule has 0 unspecified atom stereocenters. The van der Waals surface area contributed by atoms with E-state index < -0.39 is 0 Å². The minimum Gasteiger partial charge on any atom is -0.461 e. The molecule has 2 heterocycles. The Morgan fingerprint density at radius 3 is 1.28 bits per heavy atom. The van der Waals surface area contributed by atoms with Crippen LogP contribution >= 0.6 is 0 Å². The van der Waals surface area contributed by atoms with Gasteiger partial charge in [0.15, 0.2) is 0 Å². The quantitative estimate of drug-likeness (QED) is 0.116. The van der Waals surface area contributed by atoms with Crippen molar-refractivity contribution in [2.75, 3.05) is 0 Å². The van der Waals surface area contributed by atoms with Crippen LogP contribution in [0, 0.1) is 0 Å². The van der Waals surface area contributed by atoms with Gasteiger partial charge in [0, 0.05) is 23.6 Å². The average molecular weight is 483 g/mol. The molecule has 5 aromatic rings. The van der Waals surface area contributed by atoms with E-state index in [1.807, 2.05) is 0 Å². The molecular weight excluding hydrogens is 440 g/mol. The van der Waals surface area contributed by atoms with Crippen molar-refractivity contribution in [3.63, 3.8) is 0 Å². The Morgan fingerprint density at radius 1 is 0.417 bits per heavy atom. The van der Waals surface area contributed by atoms with Gasteiger partial charge in [-0.2, -0.15) is 0 Å². The van der Waals surface area contributed by atoms with Gasteiger partial charge >= 0.3 is 0 Å². The molecular formula is C34H42O2. The van der Waals surface area contributed by atoms with Crippen molar-refractivity contribution in [3.05, 3.63) is 60.1 Å². The highest BCUT2D eigenvalue weighted by atomic mass is 16.3. The van der Waals surface area contributed by atoms with Crippen molar-refractivity contribution in [1.29, 1.82) is 0 Å². The molecule has 2 aromatic heterocycles. The van der Waals surface area contributed by atoms with Gasteiger partial charge in [-0.1, -0.05) is 102 Å². The van der Waals surface area contributed by atoms with Crippen molar-refractivity contribution in [2.45, 2.75) is 104 Å². The van der Waals surface area contributed by atoms with E-state index in [9.17, 15) is 0 Å². The van der Waals surface area contributed by atoms with Gasteiger partial charge in [0.1, 0.15) is 22.7 Å². The molecule has 0 radical (unpaired) electrons. The zero-order valence-corrected chi connectivity index (χ0v) is 22.3. The van der Waals surface area contributed by atoms with E-state index in [0.29, 0.717) is 0 Å². The van der Waals surface area contributed by atoms with Crippen LogP contribution in [0.5, 0.6) is 0 Å². The molecule has 2 heteroatoms. The fraction of sp³-hybridized carbons (Fsp3) is 0.471. The summed E-state index contributed by atoms with van der Waals surface area (Å²) < 4.78 is 12.4. The molecule has 0 spiro atoms. The molecule has 0 amide bonds. The number of benzene rings is 3. The normalized spacial score (nSPS) is 12.1. The maximum atomic E-state index is 6.27. The Morgan fingerprint density at radius 2 is 0.778 bits per heavy atom. The second-order valence-corrected chi connectivity index (χ2v) is 10.7. The van der Waals surface area contributed by atoms with Crippen molar-refractivity contribution >= 4 is 43.5 Å². The summed E-state index contributed by atoms with van der Waals surface area (Å²) in [6.07, 6.45) is 17.9. The maximum absolute atomic E-state index is 6.27. The van der Waals surface area contributed by atoms with Crippen molar-refractivity contribution in [2.24, 2.45) is 0 Å². The maximum Gasteiger partial charge on any atom is 0.134 e. The summed E-state index contributed by atoms with van der Waals surface area (Å²) in [6, 6.07) is 17.9. The molecule has 0 aliphatic heterocycles.